The van der Waals surface area contributed by atoms with Gasteiger partial charge in [-0.05, 0) is 35.9 Å². The summed E-state index contributed by atoms with van der Waals surface area (Å²) in [7, 11) is 0. The number of nitriles is 3. The van der Waals surface area contributed by atoms with Gasteiger partial charge in [-0.1, -0.05) is 36.2 Å². The van der Waals surface area contributed by atoms with Gasteiger partial charge in [0.25, 0.3) is 0 Å². The summed E-state index contributed by atoms with van der Waals surface area (Å²) in [6.45, 7) is 1.64. The Kier molecular flexibility index (Phi) is 4.54. The van der Waals surface area contributed by atoms with Crippen LogP contribution in [-0.4, -0.2) is 12.7 Å². The fourth-order valence-electron chi connectivity index (χ4n) is 4.99. The van der Waals surface area contributed by atoms with Gasteiger partial charge >= 0.3 is 0 Å². The molecule has 5 rings (SSSR count). The van der Waals surface area contributed by atoms with E-state index in [0.29, 0.717) is 27.6 Å². The number of nitrogens with zero attached hydrogens (tertiary/aromatic N) is 3. The number of hydrogen-bond donors (Lipinski definition) is 1. The van der Waals surface area contributed by atoms with Crippen molar-refractivity contribution in [1.82, 2.24) is 0 Å². The molecule has 2 fully saturated rings. The van der Waals surface area contributed by atoms with Crippen LogP contribution in [0, 0.1) is 56.2 Å². The van der Waals surface area contributed by atoms with Gasteiger partial charge in [0.2, 0.25) is 23.9 Å². The molecule has 10 heteroatoms. The molecular weight excluding hydrogens is 467 g/mol. The average molecular weight is 481 g/mol. The average Bonchev–Trinajstić information content (AvgIpc) is 3.33. The zero-order chi connectivity index (χ0) is 23.6. The fraction of sp³-hybridized carbons (Fsp3) is 0.304. The first-order chi connectivity index (χ1) is 15.8. The molecule has 0 spiro atoms. The maximum absolute atomic E-state index is 10.4. The van der Waals surface area contributed by atoms with E-state index in [1.165, 1.54) is 6.07 Å². The summed E-state index contributed by atoms with van der Waals surface area (Å²) in [6.07, 6.45) is -1.28. The van der Waals surface area contributed by atoms with Crippen molar-refractivity contribution in [3.8, 4) is 29.7 Å². The zero-order valence-electron chi connectivity index (χ0n) is 17.1. The zero-order valence-corrected chi connectivity index (χ0v) is 18.6. The van der Waals surface area contributed by atoms with E-state index >= 15 is 0 Å². The molecule has 3 aliphatic heterocycles. The molecule has 164 valence electrons. The SMILES string of the molecule is CC1C2(c3ccc(Cl)cc3Cl)OC(=N)C1(C#N)C(C#N)(C#N)C(c1ccc3c(c1)OCO3)O2. The van der Waals surface area contributed by atoms with Gasteiger partial charge in [-0.2, -0.15) is 15.8 Å². The molecular formula is C23H14Cl2N4O4. The van der Waals surface area contributed by atoms with Crippen LogP contribution in [-0.2, 0) is 15.3 Å². The van der Waals surface area contributed by atoms with Crippen molar-refractivity contribution >= 4 is 29.1 Å². The van der Waals surface area contributed by atoms with Crippen LogP contribution >= 0.6 is 23.2 Å². The third kappa shape index (κ3) is 2.45. The third-order valence-corrected chi connectivity index (χ3v) is 7.22. The van der Waals surface area contributed by atoms with Crippen LogP contribution in [0.1, 0.15) is 24.2 Å². The Labute approximate surface area is 198 Å². The second-order valence-electron chi connectivity index (χ2n) is 8.01. The van der Waals surface area contributed by atoms with Crippen LogP contribution in [0.4, 0.5) is 0 Å². The largest absolute Gasteiger partial charge is 0.454 e. The summed E-state index contributed by atoms with van der Waals surface area (Å²) in [5.41, 5.74) is -3.33. The topological polar surface area (TPSA) is 132 Å². The van der Waals surface area contributed by atoms with Crippen molar-refractivity contribution in [2.75, 3.05) is 6.79 Å². The molecule has 0 radical (unpaired) electrons. The lowest BCUT2D eigenvalue weighted by Crippen LogP contribution is -2.57. The second-order valence-corrected chi connectivity index (χ2v) is 8.85. The van der Waals surface area contributed by atoms with Crippen molar-refractivity contribution in [2.24, 2.45) is 16.7 Å². The van der Waals surface area contributed by atoms with Gasteiger partial charge in [-0.15, -0.1) is 0 Å². The molecule has 3 aliphatic rings. The molecule has 2 saturated heterocycles. The summed E-state index contributed by atoms with van der Waals surface area (Å²) in [6, 6.07) is 15.6. The lowest BCUT2D eigenvalue weighted by molar-refractivity contribution is -0.288. The van der Waals surface area contributed by atoms with Crippen LogP contribution in [0.25, 0.3) is 0 Å². The van der Waals surface area contributed by atoms with Gasteiger partial charge in [0, 0.05) is 10.6 Å². The molecule has 4 atom stereocenters. The predicted molar refractivity (Wildman–Crippen MR) is 114 cm³/mol. The van der Waals surface area contributed by atoms with Gasteiger partial charge in [0.15, 0.2) is 16.9 Å². The number of fused-ring (bicyclic) bond motifs is 3. The number of hydrogen-bond acceptors (Lipinski definition) is 8. The van der Waals surface area contributed by atoms with Crippen LogP contribution in [0.15, 0.2) is 36.4 Å². The number of rotatable bonds is 2. The maximum atomic E-state index is 10.4. The Hall–Kier alpha value is -3.48. The van der Waals surface area contributed by atoms with Gasteiger partial charge in [-0.3, -0.25) is 5.41 Å². The first kappa shape index (κ1) is 21.4. The van der Waals surface area contributed by atoms with Gasteiger partial charge in [-0.25, -0.2) is 0 Å². The molecule has 2 aromatic carbocycles. The number of ether oxygens (including phenoxy) is 4. The molecule has 0 aromatic heterocycles. The Bertz CT molecular complexity index is 1330. The summed E-state index contributed by atoms with van der Waals surface area (Å²) in [5, 5.41) is 40.2. The Balaban J connectivity index is 1.80. The lowest BCUT2D eigenvalue weighted by Gasteiger charge is -2.49. The van der Waals surface area contributed by atoms with Crippen molar-refractivity contribution < 1.29 is 18.9 Å². The van der Waals surface area contributed by atoms with Gasteiger partial charge in [0.05, 0.1) is 29.1 Å². The first-order valence-corrected chi connectivity index (χ1v) is 10.6. The van der Waals surface area contributed by atoms with Crippen molar-refractivity contribution in [3.63, 3.8) is 0 Å². The number of nitrogens with one attached hydrogen (secondary N) is 1. The van der Waals surface area contributed by atoms with Crippen molar-refractivity contribution in [1.29, 1.82) is 21.2 Å². The van der Waals surface area contributed by atoms with E-state index in [1.807, 2.05) is 12.1 Å². The van der Waals surface area contributed by atoms with Crippen LogP contribution in [0.2, 0.25) is 10.0 Å². The summed E-state index contributed by atoms with van der Waals surface area (Å²) < 4.78 is 23.2. The Morgan fingerprint density at radius 3 is 2.39 bits per heavy atom. The summed E-state index contributed by atoms with van der Waals surface area (Å²) >= 11 is 12.6. The molecule has 4 unspecified atom stereocenters. The van der Waals surface area contributed by atoms with E-state index in [-0.39, 0.29) is 11.8 Å². The van der Waals surface area contributed by atoms with Gasteiger partial charge in [0.1, 0.15) is 6.10 Å². The molecule has 8 nitrogen and oxygen atoms in total. The molecule has 3 heterocycles. The third-order valence-electron chi connectivity index (χ3n) is 6.67. The molecule has 2 bridgehead atoms. The van der Waals surface area contributed by atoms with Gasteiger partial charge < -0.3 is 18.9 Å². The quantitative estimate of drug-likeness (QED) is 0.650. The van der Waals surface area contributed by atoms with Crippen LogP contribution in [0.5, 0.6) is 11.5 Å². The molecule has 2 aromatic rings. The maximum Gasteiger partial charge on any atom is 0.245 e. The number of halogens is 2. The van der Waals surface area contributed by atoms with E-state index in [0.717, 1.165) is 0 Å². The molecule has 0 aliphatic carbocycles. The summed E-state index contributed by atoms with van der Waals surface area (Å²) in [4.78, 5) is 0. The highest BCUT2D eigenvalue weighted by atomic mass is 35.5. The number of benzene rings is 2. The molecule has 33 heavy (non-hydrogen) atoms. The molecule has 1 N–H and O–H groups in total. The highest BCUT2D eigenvalue weighted by Crippen LogP contribution is 2.69. The minimum atomic E-state index is -2.11. The standard InChI is InChI=1S/C23H14Cl2N4O4/c1-12-22(10-28)20(29)33-23(12,15-4-3-14(24)7-16(15)25)32-19(21(22,8-26)9-27)13-2-5-17-18(6-13)31-11-30-17/h2-7,12,19,29H,11H2,1H3. The van der Waals surface area contributed by atoms with E-state index in [4.69, 9.17) is 47.6 Å². The van der Waals surface area contributed by atoms with Crippen LogP contribution in [0.3, 0.4) is 0 Å². The minimum absolute atomic E-state index is 0.0310. The second kappa shape index (κ2) is 7.01. The summed E-state index contributed by atoms with van der Waals surface area (Å²) in [5.74, 6) is -2.28. The first-order valence-electron chi connectivity index (χ1n) is 9.84. The van der Waals surface area contributed by atoms with Crippen LogP contribution < -0.4 is 9.47 Å². The van der Waals surface area contributed by atoms with Crippen molar-refractivity contribution in [3.05, 3.63) is 57.6 Å². The Morgan fingerprint density at radius 2 is 1.73 bits per heavy atom. The van der Waals surface area contributed by atoms with E-state index in [9.17, 15) is 15.8 Å². The highest BCUT2D eigenvalue weighted by molar-refractivity contribution is 6.35. The van der Waals surface area contributed by atoms with E-state index in [1.54, 1.807) is 37.3 Å². The van der Waals surface area contributed by atoms with Crippen molar-refractivity contribution in [2.45, 2.75) is 18.8 Å². The van der Waals surface area contributed by atoms with E-state index < -0.39 is 34.5 Å². The lowest BCUT2D eigenvalue weighted by atomic mass is 9.53. The smallest absolute Gasteiger partial charge is 0.245 e. The molecule has 0 saturated carbocycles. The predicted octanol–water partition coefficient (Wildman–Crippen LogP) is 4.83. The highest BCUT2D eigenvalue weighted by Gasteiger charge is 2.80. The normalized spacial score (nSPS) is 30.6. The Morgan fingerprint density at radius 1 is 1.00 bits per heavy atom. The molecule has 0 amide bonds. The minimum Gasteiger partial charge on any atom is -0.454 e. The fourth-order valence-corrected chi connectivity index (χ4v) is 5.53. The van der Waals surface area contributed by atoms with E-state index in [2.05, 4.69) is 6.07 Å². The monoisotopic (exact) mass is 480 g/mol.